The van der Waals surface area contributed by atoms with Crippen LogP contribution in [0.25, 0.3) is 0 Å². The zero-order valence-corrected chi connectivity index (χ0v) is 17.5. The molecule has 1 aromatic rings. The summed E-state index contributed by atoms with van der Waals surface area (Å²) in [6, 6.07) is 0.635. The molecule has 0 spiro atoms. The van der Waals surface area contributed by atoms with Gasteiger partial charge in [0.25, 0.3) is 0 Å². The zero-order valence-electron chi connectivity index (χ0n) is 16.0. The van der Waals surface area contributed by atoms with Crippen LogP contribution in [0.15, 0.2) is 17.1 Å². The van der Waals surface area contributed by atoms with Crippen LogP contribution in [0.4, 0.5) is 5.82 Å². The molecule has 0 aromatic carbocycles. The molecule has 1 aromatic heterocycles. The van der Waals surface area contributed by atoms with E-state index < -0.39 is 48.8 Å². The Morgan fingerprint density at radius 1 is 1.32 bits per heavy atom. The Bertz CT molecular complexity index is 687. The highest BCUT2D eigenvalue weighted by Crippen LogP contribution is 2.18. The van der Waals surface area contributed by atoms with E-state index in [2.05, 4.69) is 14.7 Å². The third-order valence-corrected chi connectivity index (χ3v) is 4.43. The Balaban J connectivity index is 2.97. The number of nitrogens with one attached hydrogen (secondary N) is 2. The van der Waals surface area contributed by atoms with Gasteiger partial charge >= 0.3 is 11.7 Å². The Kier molecular flexibility index (Phi) is 10.1. The fourth-order valence-electron chi connectivity index (χ4n) is 2.42. The standard InChI is InChI=1S/C16H26Cl2N4O6/c1-8(2)13(21-18)15(25)28-14(9(3)24)11(7-23)27-10(4)22-6-5-12(20-17)19-16(22)26/h5-6,8-11,13-14,21,23-24H,7H2,1-4H3,(H,19,20,26)/t9?,10?,11-,13?,14-/m1/s1. The molecular formula is C16H26Cl2N4O6. The minimum absolute atomic E-state index is 0.165. The van der Waals surface area contributed by atoms with Crippen LogP contribution in [0.2, 0.25) is 0 Å². The fourth-order valence-corrected chi connectivity index (χ4v) is 2.87. The van der Waals surface area contributed by atoms with Gasteiger partial charge in [-0.25, -0.2) is 9.63 Å². The van der Waals surface area contributed by atoms with Gasteiger partial charge in [-0.3, -0.25) is 14.2 Å². The first-order valence-corrected chi connectivity index (χ1v) is 9.38. The Morgan fingerprint density at radius 2 is 1.96 bits per heavy atom. The average Bonchev–Trinajstić information content (AvgIpc) is 2.64. The van der Waals surface area contributed by atoms with Crippen molar-refractivity contribution in [1.29, 1.82) is 0 Å². The van der Waals surface area contributed by atoms with E-state index in [-0.39, 0.29) is 11.7 Å². The first-order valence-electron chi connectivity index (χ1n) is 8.63. The molecule has 0 aliphatic carbocycles. The topological polar surface area (TPSA) is 135 Å². The molecule has 1 heterocycles. The molecule has 0 saturated carbocycles. The van der Waals surface area contributed by atoms with Crippen LogP contribution in [0, 0.1) is 5.92 Å². The van der Waals surface area contributed by atoms with Crippen molar-refractivity contribution >= 4 is 35.3 Å². The lowest BCUT2D eigenvalue weighted by molar-refractivity contribution is -0.184. The Hall–Kier alpha value is -1.43. The van der Waals surface area contributed by atoms with Crippen LogP contribution in [0.5, 0.6) is 0 Å². The highest BCUT2D eigenvalue weighted by molar-refractivity contribution is 6.23. The van der Waals surface area contributed by atoms with E-state index in [1.54, 1.807) is 13.8 Å². The first-order chi connectivity index (χ1) is 13.2. The van der Waals surface area contributed by atoms with Crippen LogP contribution < -0.4 is 15.4 Å². The number of anilines is 1. The monoisotopic (exact) mass is 440 g/mol. The number of carbonyl (C=O) groups is 1. The predicted octanol–water partition coefficient (Wildman–Crippen LogP) is 0.766. The average molecular weight is 441 g/mol. The largest absolute Gasteiger partial charge is 0.456 e. The van der Waals surface area contributed by atoms with E-state index in [4.69, 9.17) is 33.0 Å². The van der Waals surface area contributed by atoms with Crippen molar-refractivity contribution in [3.63, 3.8) is 0 Å². The van der Waals surface area contributed by atoms with E-state index in [9.17, 15) is 19.8 Å². The summed E-state index contributed by atoms with van der Waals surface area (Å²) in [5.74, 6) is -0.717. The molecule has 160 valence electrons. The number of aromatic nitrogens is 2. The summed E-state index contributed by atoms with van der Waals surface area (Å²) < 4.78 is 12.1. The van der Waals surface area contributed by atoms with Gasteiger partial charge < -0.3 is 19.7 Å². The molecule has 1 rings (SSSR count). The molecule has 3 unspecified atom stereocenters. The third kappa shape index (κ3) is 6.57. The number of ether oxygens (including phenoxy) is 2. The number of aliphatic hydroxyl groups excluding tert-OH is 2. The van der Waals surface area contributed by atoms with Gasteiger partial charge in [0, 0.05) is 18.0 Å². The van der Waals surface area contributed by atoms with E-state index in [0.29, 0.717) is 0 Å². The van der Waals surface area contributed by atoms with Gasteiger partial charge in [0.05, 0.1) is 12.7 Å². The molecule has 0 bridgehead atoms. The third-order valence-electron chi connectivity index (χ3n) is 4.00. The first kappa shape index (κ1) is 24.6. The summed E-state index contributed by atoms with van der Waals surface area (Å²) in [5.41, 5.74) is -0.647. The summed E-state index contributed by atoms with van der Waals surface area (Å²) in [5, 5.41) is 19.7. The van der Waals surface area contributed by atoms with Crippen molar-refractivity contribution in [1.82, 2.24) is 14.4 Å². The molecule has 0 aliphatic heterocycles. The van der Waals surface area contributed by atoms with Crippen LogP contribution in [-0.2, 0) is 14.3 Å². The fraction of sp³-hybridized carbons (Fsp3) is 0.688. The van der Waals surface area contributed by atoms with Crippen LogP contribution >= 0.6 is 23.6 Å². The highest BCUT2D eigenvalue weighted by atomic mass is 35.5. The second-order valence-corrected chi connectivity index (χ2v) is 6.93. The van der Waals surface area contributed by atoms with E-state index >= 15 is 0 Å². The quantitative estimate of drug-likeness (QED) is 0.290. The molecule has 0 aliphatic rings. The van der Waals surface area contributed by atoms with E-state index in [0.717, 1.165) is 4.57 Å². The molecule has 0 fully saturated rings. The summed E-state index contributed by atoms with van der Waals surface area (Å²) in [4.78, 5) is 32.6. The molecule has 28 heavy (non-hydrogen) atoms. The Morgan fingerprint density at radius 3 is 2.39 bits per heavy atom. The van der Waals surface area contributed by atoms with Gasteiger partial charge in [0.15, 0.2) is 6.10 Å². The van der Waals surface area contributed by atoms with Gasteiger partial charge in [-0.15, -0.1) is 0 Å². The maximum absolute atomic E-state index is 12.3. The van der Waals surface area contributed by atoms with Crippen molar-refractivity contribution in [3.8, 4) is 0 Å². The van der Waals surface area contributed by atoms with Crippen LogP contribution in [-0.4, -0.2) is 56.7 Å². The number of rotatable bonds is 11. The number of esters is 1. The molecule has 12 heteroatoms. The van der Waals surface area contributed by atoms with Gasteiger partial charge in [0.2, 0.25) is 0 Å². The maximum atomic E-state index is 12.3. The van der Waals surface area contributed by atoms with Gasteiger partial charge in [-0.05, 0) is 37.6 Å². The minimum atomic E-state index is -1.20. The highest BCUT2D eigenvalue weighted by Gasteiger charge is 2.34. The van der Waals surface area contributed by atoms with Crippen LogP contribution in [0.3, 0.4) is 0 Å². The smallest absolute Gasteiger partial charge is 0.351 e. The molecule has 5 atom stereocenters. The molecule has 0 saturated heterocycles. The number of aliphatic hydroxyl groups is 2. The lowest BCUT2D eigenvalue weighted by Crippen LogP contribution is -2.48. The summed E-state index contributed by atoms with van der Waals surface area (Å²) in [6.07, 6.45) is -2.95. The number of hydrogen-bond donors (Lipinski definition) is 4. The predicted molar refractivity (Wildman–Crippen MR) is 104 cm³/mol. The SMILES string of the molecule is CC(C)C(NCl)C(=O)O[C@H](C(C)O)[C@@H](CO)OC(C)n1ccc(NCl)nc1=O. The summed E-state index contributed by atoms with van der Waals surface area (Å²) in [7, 11) is 0. The number of hydrogen-bond acceptors (Lipinski definition) is 9. The second kappa shape index (κ2) is 11.5. The van der Waals surface area contributed by atoms with Crippen molar-refractivity contribution in [2.75, 3.05) is 11.4 Å². The Labute approximate surface area is 173 Å². The van der Waals surface area contributed by atoms with Gasteiger partial charge in [0.1, 0.15) is 24.2 Å². The lowest BCUT2D eigenvalue weighted by atomic mass is 10.1. The molecule has 10 nitrogen and oxygen atoms in total. The summed E-state index contributed by atoms with van der Waals surface area (Å²) in [6.45, 7) is 5.88. The summed E-state index contributed by atoms with van der Waals surface area (Å²) >= 11 is 11.0. The lowest BCUT2D eigenvalue weighted by Gasteiger charge is -2.31. The van der Waals surface area contributed by atoms with E-state index in [1.807, 2.05) is 0 Å². The van der Waals surface area contributed by atoms with Crippen molar-refractivity contribution in [2.24, 2.45) is 5.92 Å². The van der Waals surface area contributed by atoms with Crippen molar-refractivity contribution in [3.05, 3.63) is 22.7 Å². The zero-order chi connectivity index (χ0) is 21.4. The van der Waals surface area contributed by atoms with Crippen molar-refractivity contribution < 1.29 is 24.5 Å². The van der Waals surface area contributed by atoms with Crippen molar-refractivity contribution in [2.45, 2.75) is 58.3 Å². The maximum Gasteiger partial charge on any atom is 0.351 e. The number of halogens is 2. The van der Waals surface area contributed by atoms with Gasteiger partial charge in [-0.2, -0.15) is 4.98 Å². The minimum Gasteiger partial charge on any atom is -0.456 e. The number of nitrogens with zero attached hydrogens (tertiary/aromatic N) is 2. The normalized spacial score (nSPS) is 16.9. The molecular weight excluding hydrogens is 415 g/mol. The number of carbonyl (C=O) groups excluding carboxylic acids is 1. The molecule has 4 N–H and O–H groups in total. The van der Waals surface area contributed by atoms with Gasteiger partial charge in [-0.1, -0.05) is 13.8 Å². The van der Waals surface area contributed by atoms with Crippen LogP contribution in [0.1, 0.15) is 33.9 Å². The molecule has 0 radical (unpaired) electrons. The molecule has 0 amide bonds. The van der Waals surface area contributed by atoms with E-state index in [1.165, 1.54) is 26.1 Å². The second-order valence-electron chi connectivity index (χ2n) is 6.53.